The van der Waals surface area contributed by atoms with Crippen LogP contribution in [0.25, 0.3) is 122 Å². The molecule has 0 bridgehead atoms. The van der Waals surface area contributed by atoms with E-state index < -0.39 is 0 Å². The van der Waals surface area contributed by atoms with Crippen LogP contribution in [0.3, 0.4) is 0 Å². The van der Waals surface area contributed by atoms with Crippen molar-refractivity contribution >= 4 is 65.5 Å². The van der Waals surface area contributed by atoms with Crippen molar-refractivity contribution in [1.82, 2.24) is 29.1 Å². The molecule has 63 heavy (non-hydrogen) atoms. The molecule has 0 unspecified atom stereocenters. The fourth-order valence-corrected chi connectivity index (χ4v) is 9.37. The Balaban J connectivity index is 1.06. The number of fused-ring (bicyclic) bond motifs is 9. The van der Waals surface area contributed by atoms with Crippen LogP contribution in [0.15, 0.2) is 211 Å². The minimum absolute atomic E-state index is 0.596. The van der Waals surface area contributed by atoms with Gasteiger partial charge in [0.1, 0.15) is 5.52 Å². The average molecular weight is 807 g/mol. The van der Waals surface area contributed by atoms with E-state index in [9.17, 15) is 0 Å². The summed E-state index contributed by atoms with van der Waals surface area (Å²) in [7, 11) is 0. The maximum atomic E-state index is 6.70. The van der Waals surface area contributed by atoms with Crippen molar-refractivity contribution in [3.8, 4) is 57.0 Å². The minimum Gasteiger partial charge on any atom is -0.434 e. The van der Waals surface area contributed by atoms with Gasteiger partial charge in [-0.1, -0.05) is 158 Å². The molecule has 0 aliphatic carbocycles. The summed E-state index contributed by atoms with van der Waals surface area (Å²) in [4.78, 5) is 20.1. The lowest BCUT2D eigenvalue weighted by molar-refractivity contribution is 0.618. The van der Waals surface area contributed by atoms with Gasteiger partial charge in [-0.25, -0.2) is 19.9 Å². The highest BCUT2D eigenvalue weighted by Crippen LogP contribution is 2.43. The lowest BCUT2D eigenvalue weighted by atomic mass is 10.0. The number of aromatic nitrogens is 6. The summed E-state index contributed by atoms with van der Waals surface area (Å²) in [5.41, 5.74) is 11.7. The summed E-state index contributed by atoms with van der Waals surface area (Å²) in [6.45, 7) is 0. The summed E-state index contributed by atoms with van der Waals surface area (Å²) < 4.78 is 11.5. The highest BCUT2D eigenvalue weighted by atomic mass is 16.3. The number of nitrogens with zero attached hydrogens (tertiary/aromatic N) is 6. The lowest BCUT2D eigenvalue weighted by Crippen LogP contribution is -2.01. The van der Waals surface area contributed by atoms with E-state index in [1.807, 2.05) is 97.1 Å². The number of hydrogen-bond donors (Lipinski definition) is 0. The maximum absolute atomic E-state index is 6.70. The van der Waals surface area contributed by atoms with Gasteiger partial charge in [-0.15, -0.1) is 0 Å². The molecule has 0 radical (unpaired) electrons. The molecule has 0 fully saturated rings. The third kappa shape index (κ3) is 5.53. The predicted molar refractivity (Wildman–Crippen MR) is 255 cm³/mol. The van der Waals surface area contributed by atoms with Crippen LogP contribution in [0.4, 0.5) is 0 Å². The Kier molecular flexibility index (Phi) is 7.77. The summed E-state index contributed by atoms with van der Waals surface area (Å²) >= 11 is 0. The Morgan fingerprint density at radius 1 is 0.365 bits per heavy atom. The molecule has 0 spiro atoms. The molecule has 4 heterocycles. The third-order valence-electron chi connectivity index (χ3n) is 12.2. The van der Waals surface area contributed by atoms with Crippen molar-refractivity contribution in [3.05, 3.63) is 206 Å². The largest absolute Gasteiger partial charge is 0.434 e. The Labute approximate surface area is 360 Å². The van der Waals surface area contributed by atoms with Crippen LogP contribution < -0.4 is 0 Å². The molecular weight excluding hydrogens is 773 g/mol. The summed E-state index contributed by atoms with van der Waals surface area (Å²) in [5.74, 6) is 2.49. The lowest BCUT2D eigenvalue weighted by Gasteiger charge is -2.14. The molecule has 7 heteroatoms. The average Bonchev–Trinajstić information content (AvgIpc) is 4.05. The van der Waals surface area contributed by atoms with Crippen LogP contribution in [0.1, 0.15) is 0 Å². The maximum Gasteiger partial charge on any atom is 0.227 e. The van der Waals surface area contributed by atoms with Crippen molar-refractivity contribution in [1.29, 1.82) is 0 Å². The van der Waals surface area contributed by atoms with Crippen molar-refractivity contribution in [2.24, 2.45) is 0 Å². The molecular formula is C56H34N6O. The van der Waals surface area contributed by atoms with Gasteiger partial charge >= 0.3 is 0 Å². The molecule has 0 saturated carbocycles. The zero-order chi connectivity index (χ0) is 41.4. The highest BCUT2D eigenvalue weighted by molar-refractivity contribution is 6.24. The minimum atomic E-state index is 0.596. The topological polar surface area (TPSA) is 74.6 Å². The molecule has 0 N–H and O–H groups in total. The standard InChI is InChI=1S/C56H34N6O/c1-4-16-35(17-5-1)53-58-54(36-18-6-2-7-19-36)60-55(59-53)45-25-14-22-38-34-39(30-31-40(38)45)61-47-27-12-10-23-41(47)43-32-33-44-42-24-11-13-28-48(42)62(51(44)50(43)61)49-29-15-26-46-52(49)63-56(57-46)37-20-8-3-9-21-37/h1-34H. The Morgan fingerprint density at radius 3 is 1.57 bits per heavy atom. The first-order valence-corrected chi connectivity index (χ1v) is 21.1. The van der Waals surface area contributed by atoms with Crippen LogP contribution in [0, 0.1) is 0 Å². The van der Waals surface area contributed by atoms with Gasteiger partial charge in [0.2, 0.25) is 5.89 Å². The fraction of sp³-hybridized carbons (Fsp3) is 0. The van der Waals surface area contributed by atoms with E-state index in [0.717, 1.165) is 93.7 Å². The smallest absolute Gasteiger partial charge is 0.227 e. The predicted octanol–water partition coefficient (Wildman–Crippen LogP) is 14.0. The van der Waals surface area contributed by atoms with E-state index >= 15 is 0 Å². The Morgan fingerprint density at radius 2 is 0.905 bits per heavy atom. The number of para-hydroxylation sites is 3. The first-order valence-electron chi connectivity index (χ1n) is 21.1. The van der Waals surface area contributed by atoms with Gasteiger partial charge in [0.25, 0.3) is 0 Å². The molecule has 13 aromatic rings. The molecule has 0 aliphatic rings. The quantitative estimate of drug-likeness (QED) is 0.167. The Bertz CT molecular complexity index is 3850. The zero-order valence-electron chi connectivity index (χ0n) is 33.7. The SMILES string of the molecule is c1ccc(-c2nc(-c3ccccc3)nc(-c3cccc4cc(-n5c6ccccc6c6ccc7c8ccccc8n(-c8cccc9nc(-c%10ccccc%10)oc89)c7c65)ccc34)n2)cc1. The third-order valence-corrected chi connectivity index (χ3v) is 12.2. The monoisotopic (exact) mass is 806 g/mol. The van der Waals surface area contributed by atoms with Crippen LogP contribution in [-0.4, -0.2) is 29.1 Å². The summed E-state index contributed by atoms with van der Waals surface area (Å²) in [6, 6.07) is 71.6. The van der Waals surface area contributed by atoms with Gasteiger partial charge in [0, 0.05) is 49.5 Å². The molecule has 4 aromatic heterocycles. The van der Waals surface area contributed by atoms with Crippen LogP contribution in [0.2, 0.25) is 0 Å². The summed E-state index contributed by atoms with van der Waals surface area (Å²) in [6.07, 6.45) is 0. The fourth-order valence-electron chi connectivity index (χ4n) is 9.37. The van der Waals surface area contributed by atoms with E-state index in [0.29, 0.717) is 23.4 Å². The highest BCUT2D eigenvalue weighted by Gasteiger charge is 2.24. The van der Waals surface area contributed by atoms with Crippen LogP contribution in [-0.2, 0) is 0 Å². The van der Waals surface area contributed by atoms with E-state index in [2.05, 4.69) is 118 Å². The van der Waals surface area contributed by atoms with Crippen molar-refractivity contribution in [2.45, 2.75) is 0 Å². The van der Waals surface area contributed by atoms with Gasteiger partial charge < -0.3 is 13.6 Å². The van der Waals surface area contributed by atoms with E-state index in [1.54, 1.807) is 0 Å². The second kappa shape index (κ2) is 13.9. The molecule has 0 amide bonds. The molecule has 13 rings (SSSR count). The van der Waals surface area contributed by atoms with Crippen molar-refractivity contribution < 1.29 is 4.42 Å². The number of oxazole rings is 1. The van der Waals surface area contributed by atoms with Gasteiger partial charge in [0.15, 0.2) is 23.1 Å². The molecule has 7 nitrogen and oxygen atoms in total. The van der Waals surface area contributed by atoms with Gasteiger partial charge in [-0.3, -0.25) is 0 Å². The van der Waals surface area contributed by atoms with Crippen LogP contribution in [0.5, 0.6) is 0 Å². The number of rotatable bonds is 6. The van der Waals surface area contributed by atoms with Gasteiger partial charge in [-0.05, 0) is 59.3 Å². The molecule has 0 atom stereocenters. The van der Waals surface area contributed by atoms with Crippen LogP contribution >= 0.6 is 0 Å². The van der Waals surface area contributed by atoms with E-state index in [-0.39, 0.29) is 0 Å². The number of benzene rings is 9. The second-order valence-electron chi connectivity index (χ2n) is 15.8. The zero-order valence-corrected chi connectivity index (χ0v) is 33.7. The Hall–Kier alpha value is -8.68. The summed E-state index contributed by atoms with van der Waals surface area (Å²) in [5, 5.41) is 6.79. The normalized spacial score (nSPS) is 11.8. The first kappa shape index (κ1) is 35.1. The van der Waals surface area contributed by atoms with Gasteiger partial charge in [-0.2, -0.15) is 0 Å². The van der Waals surface area contributed by atoms with E-state index in [4.69, 9.17) is 24.4 Å². The molecule has 0 saturated heterocycles. The molecule has 9 aromatic carbocycles. The molecule has 294 valence electrons. The van der Waals surface area contributed by atoms with Crippen molar-refractivity contribution in [3.63, 3.8) is 0 Å². The first-order chi connectivity index (χ1) is 31.2. The molecule has 0 aliphatic heterocycles. The van der Waals surface area contributed by atoms with Crippen molar-refractivity contribution in [2.75, 3.05) is 0 Å². The van der Waals surface area contributed by atoms with Gasteiger partial charge in [0.05, 0.1) is 27.8 Å². The number of hydrogen-bond acceptors (Lipinski definition) is 5. The second-order valence-corrected chi connectivity index (χ2v) is 15.8. The van der Waals surface area contributed by atoms with E-state index in [1.165, 1.54) is 5.39 Å².